The number of carbonyl (C=O) groups excluding carboxylic acids is 1. The topological polar surface area (TPSA) is 55.1 Å². The average Bonchev–Trinajstić information content (AvgIpc) is 2.47. The van der Waals surface area contributed by atoms with Gasteiger partial charge in [-0.3, -0.25) is 4.79 Å². The van der Waals surface area contributed by atoms with Gasteiger partial charge in [-0.2, -0.15) is 13.2 Å². The van der Waals surface area contributed by atoms with Gasteiger partial charge >= 0.3 is 6.18 Å². The number of carbonyl (C=O) groups is 1. The molecule has 21 heavy (non-hydrogen) atoms. The third-order valence-corrected chi connectivity index (χ3v) is 4.15. The van der Waals surface area contributed by atoms with E-state index in [0.29, 0.717) is 5.69 Å². The lowest BCUT2D eigenvalue weighted by Gasteiger charge is -2.34. The largest absolute Gasteiger partial charge is 0.416 e. The Morgan fingerprint density at radius 3 is 2.19 bits per heavy atom. The number of nitrogens with one attached hydrogen (secondary N) is 1. The predicted octanol–water partition coefficient (Wildman–Crippen LogP) is 3.55. The Hall–Kier alpha value is -1.56. The van der Waals surface area contributed by atoms with E-state index in [4.69, 9.17) is 5.73 Å². The van der Waals surface area contributed by atoms with Gasteiger partial charge in [0.2, 0.25) is 5.91 Å². The van der Waals surface area contributed by atoms with Crippen LogP contribution in [0.5, 0.6) is 0 Å². The Labute approximate surface area is 121 Å². The monoisotopic (exact) mass is 300 g/mol. The van der Waals surface area contributed by atoms with Crippen molar-refractivity contribution >= 4 is 11.6 Å². The molecule has 0 unspecified atom stereocenters. The van der Waals surface area contributed by atoms with Crippen molar-refractivity contribution in [3.63, 3.8) is 0 Å². The minimum Gasteiger partial charge on any atom is -0.329 e. The van der Waals surface area contributed by atoms with E-state index in [1.54, 1.807) is 0 Å². The van der Waals surface area contributed by atoms with E-state index in [1.807, 2.05) is 0 Å². The van der Waals surface area contributed by atoms with Crippen LogP contribution in [-0.2, 0) is 11.0 Å². The minimum absolute atomic E-state index is 0.190. The molecule has 0 saturated heterocycles. The fraction of sp³-hybridized carbons (Fsp3) is 0.533. The number of benzene rings is 1. The van der Waals surface area contributed by atoms with Crippen LogP contribution in [0.1, 0.15) is 37.7 Å². The third-order valence-electron chi connectivity index (χ3n) is 4.15. The molecule has 0 aromatic heterocycles. The molecule has 1 aromatic carbocycles. The SMILES string of the molecule is NCC1(C(=O)Nc2ccc(C(F)(F)F)cc2)CCCCC1. The molecule has 0 radical (unpaired) electrons. The molecule has 2 rings (SSSR count). The number of hydrogen-bond acceptors (Lipinski definition) is 2. The van der Waals surface area contributed by atoms with Crippen LogP contribution >= 0.6 is 0 Å². The first-order valence-electron chi connectivity index (χ1n) is 7.06. The zero-order valence-corrected chi connectivity index (χ0v) is 11.7. The quantitative estimate of drug-likeness (QED) is 0.897. The minimum atomic E-state index is -4.37. The highest BCUT2D eigenvalue weighted by atomic mass is 19.4. The highest BCUT2D eigenvalue weighted by Gasteiger charge is 2.38. The molecule has 3 nitrogen and oxygen atoms in total. The summed E-state index contributed by atoms with van der Waals surface area (Å²) in [5.41, 5.74) is 4.82. The molecule has 0 atom stereocenters. The van der Waals surface area contributed by atoms with Gasteiger partial charge in [-0.1, -0.05) is 19.3 Å². The Bertz CT molecular complexity index is 491. The van der Waals surface area contributed by atoms with Crippen molar-refractivity contribution < 1.29 is 18.0 Å². The molecule has 3 N–H and O–H groups in total. The van der Waals surface area contributed by atoms with Gasteiger partial charge in [0.25, 0.3) is 0 Å². The van der Waals surface area contributed by atoms with Crippen molar-refractivity contribution in [3.8, 4) is 0 Å². The third kappa shape index (κ3) is 3.56. The Morgan fingerprint density at radius 2 is 1.71 bits per heavy atom. The highest BCUT2D eigenvalue weighted by Crippen LogP contribution is 2.36. The van der Waals surface area contributed by atoms with E-state index in [0.717, 1.165) is 44.2 Å². The number of nitrogens with two attached hydrogens (primary N) is 1. The van der Waals surface area contributed by atoms with Gasteiger partial charge in [0.1, 0.15) is 0 Å². The molecule has 1 aromatic rings. The van der Waals surface area contributed by atoms with Gasteiger partial charge in [-0.25, -0.2) is 0 Å². The average molecular weight is 300 g/mol. The summed E-state index contributed by atoms with van der Waals surface area (Å²) in [6.07, 6.45) is 0.0981. The summed E-state index contributed by atoms with van der Waals surface area (Å²) in [4.78, 5) is 12.4. The van der Waals surface area contributed by atoms with Crippen LogP contribution in [0.15, 0.2) is 24.3 Å². The van der Waals surface area contributed by atoms with Crippen LogP contribution in [0.3, 0.4) is 0 Å². The zero-order chi connectivity index (χ0) is 15.5. The lowest BCUT2D eigenvalue weighted by Crippen LogP contribution is -2.43. The number of amides is 1. The van der Waals surface area contributed by atoms with Crippen molar-refractivity contribution in [1.82, 2.24) is 0 Å². The fourth-order valence-electron chi connectivity index (χ4n) is 2.76. The molecule has 0 spiro atoms. The second-order valence-corrected chi connectivity index (χ2v) is 5.57. The van der Waals surface area contributed by atoms with Gasteiger partial charge < -0.3 is 11.1 Å². The van der Waals surface area contributed by atoms with Crippen LogP contribution in [0.2, 0.25) is 0 Å². The molecule has 1 saturated carbocycles. The van der Waals surface area contributed by atoms with Crippen LogP contribution in [0, 0.1) is 5.41 Å². The predicted molar refractivity (Wildman–Crippen MR) is 74.6 cm³/mol. The van der Waals surface area contributed by atoms with Gasteiger partial charge in [-0.15, -0.1) is 0 Å². The lowest BCUT2D eigenvalue weighted by molar-refractivity contribution is -0.137. The molecule has 0 heterocycles. The second-order valence-electron chi connectivity index (χ2n) is 5.57. The molecule has 0 bridgehead atoms. The summed E-state index contributed by atoms with van der Waals surface area (Å²) in [6, 6.07) is 4.47. The van der Waals surface area contributed by atoms with Crippen molar-refractivity contribution in [2.45, 2.75) is 38.3 Å². The smallest absolute Gasteiger partial charge is 0.329 e. The maximum atomic E-state index is 12.5. The van der Waals surface area contributed by atoms with Crippen molar-refractivity contribution in [1.29, 1.82) is 0 Å². The zero-order valence-electron chi connectivity index (χ0n) is 11.7. The van der Waals surface area contributed by atoms with E-state index in [-0.39, 0.29) is 12.5 Å². The summed E-state index contributed by atoms with van der Waals surface area (Å²) in [5, 5.41) is 2.70. The summed E-state index contributed by atoms with van der Waals surface area (Å²) in [5.74, 6) is -0.190. The molecule has 1 fully saturated rings. The fourth-order valence-corrected chi connectivity index (χ4v) is 2.76. The second kappa shape index (κ2) is 6.05. The molecular formula is C15H19F3N2O. The van der Waals surface area contributed by atoms with Crippen molar-refractivity contribution in [2.24, 2.45) is 11.1 Å². The van der Waals surface area contributed by atoms with E-state index in [1.165, 1.54) is 12.1 Å². The molecular weight excluding hydrogens is 281 g/mol. The number of halogens is 3. The molecule has 1 aliphatic carbocycles. The van der Waals surface area contributed by atoms with Crippen LogP contribution in [-0.4, -0.2) is 12.5 Å². The van der Waals surface area contributed by atoms with Gasteiger partial charge in [-0.05, 0) is 37.1 Å². The van der Waals surface area contributed by atoms with Gasteiger partial charge in [0.05, 0.1) is 11.0 Å². The van der Waals surface area contributed by atoms with Crippen molar-refractivity contribution in [2.75, 3.05) is 11.9 Å². The first-order chi connectivity index (χ1) is 9.87. The molecule has 6 heteroatoms. The first-order valence-corrected chi connectivity index (χ1v) is 7.06. The molecule has 1 aliphatic rings. The van der Waals surface area contributed by atoms with E-state index in [2.05, 4.69) is 5.32 Å². The molecule has 0 aliphatic heterocycles. The number of hydrogen-bond donors (Lipinski definition) is 2. The first kappa shape index (κ1) is 15.8. The van der Waals surface area contributed by atoms with E-state index >= 15 is 0 Å². The maximum Gasteiger partial charge on any atom is 0.416 e. The summed E-state index contributed by atoms with van der Waals surface area (Å²) >= 11 is 0. The van der Waals surface area contributed by atoms with E-state index in [9.17, 15) is 18.0 Å². The summed E-state index contributed by atoms with van der Waals surface area (Å²) in [6.45, 7) is 0.263. The Kier molecular flexibility index (Phi) is 4.56. The van der Waals surface area contributed by atoms with Crippen molar-refractivity contribution in [3.05, 3.63) is 29.8 Å². The highest BCUT2D eigenvalue weighted by molar-refractivity contribution is 5.95. The Balaban J connectivity index is 2.08. The Morgan fingerprint density at radius 1 is 1.14 bits per heavy atom. The van der Waals surface area contributed by atoms with Crippen LogP contribution in [0.25, 0.3) is 0 Å². The number of alkyl halides is 3. The number of rotatable bonds is 3. The van der Waals surface area contributed by atoms with E-state index < -0.39 is 17.2 Å². The molecule has 1 amide bonds. The van der Waals surface area contributed by atoms with Gasteiger partial charge in [0, 0.05) is 12.2 Å². The standard InChI is InChI=1S/C15H19F3N2O/c16-15(17,18)11-4-6-12(7-5-11)20-13(21)14(10-19)8-2-1-3-9-14/h4-7H,1-3,8-10,19H2,(H,20,21). The van der Waals surface area contributed by atoms with Gasteiger partial charge in [0.15, 0.2) is 0 Å². The number of anilines is 1. The maximum absolute atomic E-state index is 12.5. The summed E-state index contributed by atoms with van der Waals surface area (Å²) < 4.78 is 37.5. The summed E-state index contributed by atoms with van der Waals surface area (Å²) in [7, 11) is 0. The molecule has 116 valence electrons. The van der Waals surface area contributed by atoms with Crippen LogP contribution in [0.4, 0.5) is 18.9 Å². The normalized spacial score (nSPS) is 18.3. The van der Waals surface area contributed by atoms with Crippen LogP contribution < -0.4 is 11.1 Å². The lowest BCUT2D eigenvalue weighted by atomic mass is 9.73.